The molecule has 4 nitrogen and oxygen atoms in total. The van der Waals surface area contributed by atoms with Crippen LogP contribution in [0.1, 0.15) is 5.56 Å². The average molecular weight is 485 g/mol. The quantitative estimate of drug-likeness (QED) is 0.235. The Labute approximate surface area is 221 Å². The Hall–Kier alpha value is -5.58. The number of rotatable bonds is 4. The van der Waals surface area contributed by atoms with E-state index in [1.165, 1.54) is 0 Å². The zero-order valence-electron chi connectivity index (χ0n) is 20.3. The van der Waals surface area contributed by atoms with Gasteiger partial charge in [-0.25, -0.2) is 4.85 Å². The summed E-state index contributed by atoms with van der Waals surface area (Å²) < 4.78 is 0. The van der Waals surface area contributed by atoms with Gasteiger partial charge in [0, 0.05) is 18.0 Å². The molecule has 0 fully saturated rings. The number of hydrogen-bond donors (Lipinski definition) is 0. The molecule has 2 aromatic heterocycles. The van der Waals surface area contributed by atoms with Crippen LogP contribution < -0.4 is 0 Å². The summed E-state index contributed by atoms with van der Waals surface area (Å²) in [5.41, 5.74) is 9.11. The van der Waals surface area contributed by atoms with Gasteiger partial charge in [0.15, 0.2) is 5.69 Å². The SMILES string of the molecule is [C-]#[N+]c1ccnc(-c2cccc(-c3cccc4c(-c5cccc(-c6cc(C#N)ccn6)c5)cccc34)c2)c1. The number of pyridine rings is 2. The standard InChI is InChI=1S/C34H20N4/c1-36-28-15-17-38-34(21-28)27-9-3-7-25(20-27)30-11-5-12-31-29(10-4-13-32(30)31)24-6-2-8-26(19-24)33-18-23(22-35)14-16-37-33/h2-21H. The number of nitrogens with zero attached hydrogens (tertiary/aromatic N) is 4. The van der Waals surface area contributed by atoms with Crippen molar-refractivity contribution in [2.24, 2.45) is 0 Å². The lowest BCUT2D eigenvalue weighted by molar-refractivity contribution is 1.31. The first kappa shape index (κ1) is 22.9. The molecule has 4 heteroatoms. The Morgan fingerprint density at radius 1 is 0.579 bits per heavy atom. The van der Waals surface area contributed by atoms with E-state index in [1.807, 2.05) is 36.4 Å². The van der Waals surface area contributed by atoms with Gasteiger partial charge in [0.1, 0.15) is 0 Å². The van der Waals surface area contributed by atoms with Crippen LogP contribution in [0.4, 0.5) is 5.69 Å². The lowest BCUT2D eigenvalue weighted by Crippen LogP contribution is -1.88. The van der Waals surface area contributed by atoms with Crippen molar-refractivity contribution in [2.75, 3.05) is 0 Å². The molecule has 0 unspecified atom stereocenters. The highest BCUT2D eigenvalue weighted by Gasteiger charge is 2.11. The number of aromatic nitrogens is 2. The lowest BCUT2D eigenvalue weighted by atomic mass is 9.91. The summed E-state index contributed by atoms with van der Waals surface area (Å²) in [6, 6.07) is 38.6. The average Bonchev–Trinajstić information content (AvgIpc) is 3.00. The Kier molecular flexibility index (Phi) is 5.91. The zero-order valence-corrected chi connectivity index (χ0v) is 20.3. The fourth-order valence-electron chi connectivity index (χ4n) is 4.81. The van der Waals surface area contributed by atoms with Crippen molar-refractivity contribution in [3.63, 3.8) is 0 Å². The molecule has 0 bridgehead atoms. The minimum absolute atomic E-state index is 0.576. The van der Waals surface area contributed by atoms with Gasteiger partial charge < -0.3 is 0 Å². The first-order valence-electron chi connectivity index (χ1n) is 12.2. The van der Waals surface area contributed by atoms with Gasteiger partial charge in [0.25, 0.3) is 0 Å². The molecule has 4 aromatic carbocycles. The lowest BCUT2D eigenvalue weighted by Gasteiger charge is -2.13. The third-order valence-electron chi connectivity index (χ3n) is 6.62. The minimum atomic E-state index is 0.576. The molecule has 0 aliphatic rings. The van der Waals surface area contributed by atoms with E-state index < -0.39 is 0 Å². The van der Waals surface area contributed by atoms with Gasteiger partial charge in [-0.2, -0.15) is 5.26 Å². The van der Waals surface area contributed by atoms with Crippen LogP contribution >= 0.6 is 0 Å². The molecule has 6 aromatic rings. The van der Waals surface area contributed by atoms with E-state index in [0.29, 0.717) is 11.3 Å². The van der Waals surface area contributed by atoms with Crippen LogP contribution in [-0.2, 0) is 0 Å². The van der Waals surface area contributed by atoms with E-state index in [0.717, 1.165) is 55.5 Å². The molecule has 0 saturated heterocycles. The van der Waals surface area contributed by atoms with Crippen LogP contribution in [0.15, 0.2) is 122 Å². The van der Waals surface area contributed by atoms with Crippen molar-refractivity contribution < 1.29 is 0 Å². The van der Waals surface area contributed by atoms with Crippen molar-refractivity contribution >= 4 is 16.5 Å². The van der Waals surface area contributed by atoms with Gasteiger partial charge in [0.2, 0.25) is 0 Å². The Balaban J connectivity index is 1.45. The van der Waals surface area contributed by atoms with Gasteiger partial charge in [-0.05, 0) is 75.0 Å². The Morgan fingerprint density at radius 2 is 1.11 bits per heavy atom. The Bertz CT molecular complexity index is 1770. The van der Waals surface area contributed by atoms with Gasteiger partial charge in [0.05, 0.1) is 29.6 Å². The second kappa shape index (κ2) is 9.82. The number of benzene rings is 4. The van der Waals surface area contributed by atoms with Crippen LogP contribution in [0.25, 0.3) is 60.4 Å². The molecule has 0 amide bonds. The molecule has 0 saturated carbocycles. The fourth-order valence-corrected chi connectivity index (χ4v) is 4.81. The topological polar surface area (TPSA) is 53.9 Å². The van der Waals surface area contributed by atoms with Crippen molar-refractivity contribution in [1.82, 2.24) is 9.97 Å². The number of nitriles is 1. The fraction of sp³-hybridized carbons (Fsp3) is 0. The van der Waals surface area contributed by atoms with Gasteiger partial charge >= 0.3 is 0 Å². The zero-order chi connectivity index (χ0) is 25.9. The molecule has 0 spiro atoms. The first-order valence-corrected chi connectivity index (χ1v) is 12.2. The maximum atomic E-state index is 9.29. The van der Waals surface area contributed by atoms with Crippen LogP contribution in [0.3, 0.4) is 0 Å². The van der Waals surface area contributed by atoms with Crippen molar-refractivity contribution in [3.8, 4) is 50.8 Å². The molecule has 6 rings (SSSR count). The van der Waals surface area contributed by atoms with E-state index in [4.69, 9.17) is 6.57 Å². The third-order valence-corrected chi connectivity index (χ3v) is 6.62. The number of fused-ring (bicyclic) bond motifs is 1. The molecule has 176 valence electrons. The summed E-state index contributed by atoms with van der Waals surface area (Å²) in [4.78, 5) is 12.5. The van der Waals surface area contributed by atoms with Crippen LogP contribution in [0.5, 0.6) is 0 Å². The summed E-state index contributed by atoms with van der Waals surface area (Å²) in [6.07, 6.45) is 3.35. The van der Waals surface area contributed by atoms with Crippen molar-refractivity contribution in [3.05, 3.63) is 139 Å². The maximum absolute atomic E-state index is 9.29. The van der Waals surface area contributed by atoms with E-state index >= 15 is 0 Å². The van der Waals surface area contributed by atoms with E-state index in [1.54, 1.807) is 24.5 Å². The second-order valence-electron chi connectivity index (χ2n) is 8.92. The molecule has 0 aliphatic heterocycles. The van der Waals surface area contributed by atoms with Crippen molar-refractivity contribution in [1.29, 1.82) is 5.26 Å². The molecule has 0 radical (unpaired) electrons. The molecular formula is C34H20N4. The monoisotopic (exact) mass is 484 g/mol. The van der Waals surface area contributed by atoms with Crippen LogP contribution in [-0.4, -0.2) is 9.97 Å². The summed E-state index contributed by atoms with van der Waals surface area (Å²) >= 11 is 0. The summed E-state index contributed by atoms with van der Waals surface area (Å²) in [7, 11) is 0. The van der Waals surface area contributed by atoms with E-state index in [-0.39, 0.29) is 0 Å². The molecule has 2 heterocycles. The van der Waals surface area contributed by atoms with Crippen LogP contribution in [0.2, 0.25) is 0 Å². The largest absolute Gasteiger partial charge is 0.259 e. The normalized spacial score (nSPS) is 10.6. The van der Waals surface area contributed by atoms with Gasteiger partial charge in [-0.1, -0.05) is 72.8 Å². The van der Waals surface area contributed by atoms with Crippen LogP contribution in [0, 0.1) is 17.9 Å². The smallest absolute Gasteiger partial charge is 0.190 e. The van der Waals surface area contributed by atoms with E-state index in [2.05, 4.69) is 81.5 Å². The molecule has 0 N–H and O–H groups in total. The molecular weight excluding hydrogens is 464 g/mol. The summed E-state index contributed by atoms with van der Waals surface area (Å²) in [5.74, 6) is 0. The third kappa shape index (κ3) is 4.28. The summed E-state index contributed by atoms with van der Waals surface area (Å²) in [6.45, 7) is 7.32. The highest BCUT2D eigenvalue weighted by Crippen LogP contribution is 2.37. The molecule has 0 atom stereocenters. The maximum Gasteiger partial charge on any atom is 0.190 e. The predicted molar refractivity (Wildman–Crippen MR) is 152 cm³/mol. The van der Waals surface area contributed by atoms with Gasteiger partial charge in [-0.3, -0.25) is 9.97 Å². The van der Waals surface area contributed by atoms with Gasteiger partial charge in [-0.15, -0.1) is 0 Å². The predicted octanol–water partition coefficient (Wildman–Crippen LogP) is 8.72. The second-order valence-corrected chi connectivity index (χ2v) is 8.92. The highest BCUT2D eigenvalue weighted by atomic mass is 14.7. The number of hydrogen-bond acceptors (Lipinski definition) is 3. The highest BCUT2D eigenvalue weighted by molar-refractivity contribution is 6.05. The first-order chi connectivity index (χ1) is 18.7. The summed E-state index contributed by atoms with van der Waals surface area (Å²) in [5, 5.41) is 11.6. The molecule has 0 aliphatic carbocycles. The van der Waals surface area contributed by atoms with Crippen molar-refractivity contribution in [2.45, 2.75) is 0 Å². The molecule has 38 heavy (non-hydrogen) atoms. The van der Waals surface area contributed by atoms with E-state index in [9.17, 15) is 5.26 Å². The minimum Gasteiger partial charge on any atom is -0.259 e. The Morgan fingerprint density at radius 3 is 1.68 bits per heavy atom.